The second-order valence-corrected chi connectivity index (χ2v) is 7.01. The summed E-state index contributed by atoms with van der Waals surface area (Å²) in [6, 6.07) is 0.713. The molecule has 0 saturated carbocycles. The van der Waals surface area contributed by atoms with E-state index in [1.54, 1.807) is 6.08 Å². The summed E-state index contributed by atoms with van der Waals surface area (Å²) in [5, 5.41) is 0. The number of rotatable bonds is 1. The van der Waals surface area contributed by atoms with Gasteiger partial charge in [0.1, 0.15) is 0 Å². The van der Waals surface area contributed by atoms with Crippen molar-refractivity contribution in [1.82, 2.24) is 9.80 Å². The first-order valence-corrected chi connectivity index (χ1v) is 8.17. The lowest BCUT2D eigenvalue weighted by atomic mass is 9.77. The van der Waals surface area contributed by atoms with Gasteiger partial charge in [-0.15, -0.1) is 0 Å². The molecule has 3 aliphatic heterocycles. The highest BCUT2D eigenvalue weighted by Crippen LogP contribution is 2.53. The highest BCUT2D eigenvalue weighted by molar-refractivity contribution is 5.90. The molecule has 0 radical (unpaired) electrons. The van der Waals surface area contributed by atoms with Crippen molar-refractivity contribution < 1.29 is 9.53 Å². The van der Waals surface area contributed by atoms with Gasteiger partial charge in [0.25, 0.3) is 0 Å². The molecule has 0 aromatic carbocycles. The largest absolute Gasteiger partial charge is 0.449 e. The lowest BCUT2D eigenvalue weighted by Crippen LogP contribution is -2.48. The Morgan fingerprint density at radius 1 is 1.45 bits per heavy atom. The van der Waals surface area contributed by atoms with Crippen molar-refractivity contribution in [3.63, 3.8) is 0 Å². The lowest BCUT2D eigenvalue weighted by Gasteiger charge is -2.38. The fourth-order valence-electron chi connectivity index (χ4n) is 4.46. The summed E-state index contributed by atoms with van der Waals surface area (Å²) in [6.07, 6.45) is 8.44. The molecule has 0 N–H and O–H groups in total. The molecular formula is C18H22N2O2. The highest BCUT2D eigenvalue weighted by atomic mass is 16.6. The van der Waals surface area contributed by atoms with Crippen LogP contribution in [0.5, 0.6) is 0 Å². The molecule has 0 unspecified atom stereocenters. The van der Waals surface area contributed by atoms with E-state index in [1.807, 2.05) is 14.1 Å². The Hall–Kier alpha value is -1.57. The van der Waals surface area contributed by atoms with Crippen LogP contribution in [0, 0.1) is 11.8 Å². The number of fused-ring (bicyclic) bond motifs is 3. The number of hydrogen-bond acceptors (Lipinski definition) is 4. The second-order valence-electron chi connectivity index (χ2n) is 7.01. The Balaban J connectivity index is 1.73. The van der Waals surface area contributed by atoms with E-state index in [4.69, 9.17) is 4.74 Å². The maximum atomic E-state index is 12.0. The molecule has 1 aliphatic carbocycles. The molecule has 2 fully saturated rings. The summed E-state index contributed by atoms with van der Waals surface area (Å²) < 4.78 is 5.88. The number of nitrogens with zero attached hydrogens (tertiary/aromatic N) is 2. The molecule has 4 nitrogen and oxygen atoms in total. The number of carbonyl (C=O) groups excluding carboxylic acids is 1. The van der Waals surface area contributed by atoms with Gasteiger partial charge in [-0.1, -0.05) is 24.3 Å². The Labute approximate surface area is 131 Å². The molecule has 2 saturated heterocycles. The van der Waals surface area contributed by atoms with Gasteiger partial charge in [-0.2, -0.15) is 0 Å². The number of piperidine rings is 1. The zero-order chi connectivity index (χ0) is 15.3. The molecule has 2 bridgehead atoms. The van der Waals surface area contributed by atoms with Gasteiger partial charge >= 0.3 is 5.97 Å². The average Bonchev–Trinajstić information content (AvgIpc) is 2.96. The molecule has 0 aromatic heterocycles. The summed E-state index contributed by atoms with van der Waals surface area (Å²) in [5.41, 5.74) is 1.63. The zero-order valence-corrected chi connectivity index (χ0v) is 13.3. The number of esters is 1. The van der Waals surface area contributed by atoms with Crippen molar-refractivity contribution in [2.24, 2.45) is 0 Å². The standard InChI is InChI=1S/C18H22N2O2/c1-19(2)8-5-6-13-10-14-12-18(15(13)11-17(21)22-18)16-7-3-4-9-20(14)16/h10-11,14,16H,3-4,7-9,12H2,1-2H3/t14-,16-,18+/m1/s1. The highest BCUT2D eigenvalue weighted by Gasteiger charge is 2.61. The fraction of sp³-hybridized carbons (Fsp3) is 0.611. The summed E-state index contributed by atoms with van der Waals surface area (Å²) in [6.45, 7) is 1.83. The molecule has 3 heterocycles. The molecular weight excluding hydrogens is 276 g/mol. The van der Waals surface area contributed by atoms with Gasteiger partial charge < -0.3 is 4.74 Å². The quantitative estimate of drug-likeness (QED) is 0.540. The van der Waals surface area contributed by atoms with Gasteiger partial charge in [0.2, 0.25) is 0 Å². The number of ether oxygens (including phenoxy) is 1. The maximum Gasteiger partial charge on any atom is 0.332 e. The summed E-state index contributed by atoms with van der Waals surface area (Å²) in [5.74, 6) is 6.31. The van der Waals surface area contributed by atoms with Gasteiger partial charge in [-0.05, 0) is 33.5 Å². The van der Waals surface area contributed by atoms with Crippen LogP contribution in [-0.2, 0) is 9.53 Å². The molecule has 0 aromatic rings. The molecule has 4 heteroatoms. The third kappa shape index (κ3) is 1.96. The molecule has 4 rings (SSSR count). The van der Waals surface area contributed by atoms with Crippen molar-refractivity contribution in [2.75, 3.05) is 27.2 Å². The third-order valence-corrected chi connectivity index (χ3v) is 5.29. The second kappa shape index (κ2) is 4.97. The maximum absolute atomic E-state index is 12.0. The van der Waals surface area contributed by atoms with Crippen molar-refractivity contribution in [3.05, 3.63) is 23.3 Å². The SMILES string of the molecule is CN(C)CC#CC1=C[C@@H]2C[C@@]3(OC(=O)C=C13)[C@H]1CCCCN21. The van der Waals surface area contributed by atoms with Crippen LogP contribution in [0.25, 0.3) is 0 Å². The van der Waals surface area contributed by atoms with Crippen molar-refractivity contribution in [1.29, 1.82) is 0 Å². The third-order valence-electron chi connectivity index (χ3n) is 5.29. The van der Waals surface area contributed by atoms with E-state index in [2.05, 4.69) is 27.7 Å². The summed E-state index contributed by atoms with van der Waals surface area (Å²) in [4.78, 5) is 16.6. The van der Waals surface area contributed by atoms with Crippen LogP contribution in [0.1, 0.15) is 25.7 Å². The summed E-state index contributed by atoms with van der Waals surface area (Å²) >= 11 is 0. The normalized spacial score (nSPS) is 36.0. The van der Waals surface area contributed by atoms with Crippen molar-refractivity contribution in [2.45, 2.75) is 43.4 Å². The van der Waals surface area contributed by atoms with Gasteiger partial charge in [0.15, 0.2) is 5.60 Å². The van der Waals surface area contributed by atoms with Crippen LogP contribution in [0.2, 0.25) is 0 Å². The molecule has 1 spiro atoms. The van der Waals surface area contributed by atoms with E-state index < -0.39 is 5.60 Å². The van der Waals surface area contributed by atoms with Crippen LogP contribution >= 0.6 is 0 Å². The topological polar surface area (TPSA) is 32.8 Å². The van der Waals surface area contributed by atoms with E-state index in [9.17, 15) is 4.79 Å². The van der Waals surface area contributed by atoms with Crippen molar-refractivity contribution in [3.8, 4) is 11.8 Å². The van der Waals surface area contributed by atoms with Gasteiger partial charge in [0, 0.05) is 29.7 Å². The van der Waals surface area contributed by atoms with Crippen molar-refractivity contribution >= 4 is 5.97 Å². The van der Waals surface area contributed by atoms with Crippen LogP contribution < -0.4 is 0 Å². The minimum absolute atomic E-state index is 0.191. The Morgan fingerprint density at radius 3 is 3.14 bits per heavy atom. The minimum Gasteiger partial charge on any atom is -0.449 e. The smallest absolute Gasteiger partial charge is 0.332 e. The lowest BCUT2D eigenvalue weighted by molar-refractivity contribution is -0.148. The van der Waals surface area contributed by atoms with E-state index in [-0.39, 0.29) is 5.97 Å². The summed E-state index contributed by atoms with van der Waals surface area (Å²) in [7, 11) is 4.02. The first kappa shape index (κ1) is 14.0. The van der Waals surface area contributed by atoms with Gasteiger partial charge in [0.05, 0.1) is 12.6 Å². The monoisotopic (exact) mass is 298 g/mol. The molecule has 0 amide bonds. The Morgan fingerprint density at radius 2 is 2.32 bits per heavy atom. The first-order chi connectivity index (χ1) is 10.6. The fourth-order valence-corrected chi connectivity index (χ4v) is 4.46. The van der Waals surface area contributed by atoms with Crippen LogP contribution in [-0.4, -0.2) is 60.6 Å². The van der Waals surface area contributed by atoms with E-state index in [0.717, 1.165) is 37.1 Å². The van der Waals surface area contributed by atoms with Crippen LogP contribution in [0.4, 0.5) is 0 Å². The Kier molecular flexibility index (Phi) is 3.18. The van der Waals surface area contributed by atoms with Gasteiger partial charge in [-0.25, -0.2) is 4.79 Å². The zero-order valence-electron chi connectivity index (χ0n) is 13.3. The number of hydrogen-bond donors (Lipinski definition) is 0. The average molecular weight is 298 g/mol. The molecule has 4 aliphatic rings. The first-order valence-electron chi connectivity index (χ1n) is 8.17. The molecule has 3 atom stereocenters. The van der Waals surface area contributed by atoms with E-state index in [1.165, 1.54) is 12.8 Å². The predicted molar refractivity (Wildman–Crippen MR) is 84.1 cm³/mol. The number of carbonyl (C=O) groups is 1. The predicted octanol–water partition coefficient (Wildman–Crippen LogP) is 1.34. The van der Waals surface area contributed by atoms with Gasteiger partial charge in [-0.3, -0.25) is 9.80 Å². The van der Waals surface area contributed by atoms with Crippen LogP contribution in [0.15, 0.2) is 23.3 Å². The minimum atomic E-state index is -0.418. The van der Waals surface area contributed by atoms with E-state index in [0.29, 0.717) is 12.1 Å². The van der Waals surface area contributed by atoms with Crippen LogP contribution in [0.3, 0.4) is 0 Å². The molecule has 116 valence electrons. The Bertz CT molecular complexity index is 637. The van der Waals surface area contributed by atoms with E-state index >= 15 is 0 Å². The molecule has 22 heavy (non-hydrogen) atoms.